The minimum atomic E-state index is -2.13. The number of halogens is 1. The summed E-state index contributed by atoms with van der Waals surface area (Å²) in [7, 11) is 0. The van der Waals surface area contributed by atoms with Gasteiger partial charge in [0.1, 0.15) is 6.61 Å². The van der Waals surface area contributed by atoms with Gasteiger partial charge in [-0.15, -0.1) is 10.1 Å². The second-order valence-corrected chi connectivity index (χ2v) is 12.6. The van der Waals surface area contributed by atoms with Crippen molar-refractivity contribution in [2.45, 2.75) is 96.4 Å². The Hall–Kier alpha value is -3.15. The topological polar surface area (TPSA) is 159 Å². The maximum absolute atomic E-state index is 17.5. The van der Waals surface area contributed by atoms with E-state index >= 15 is 4.39 Å². The molecule has 4 aliphatic carbocycles. The normalized spacial score (nSPS) is 38.4. The van der Waals surface area contributed by atoms with Crippen LogP contribution in [-0.2, 0) is 33.5 Å². The Morgan fingerprint density at radius 3 is 2.57 bits per heavy atom. The molecule has 0 amide bonds. The van der Waals surface area contributed by atoms with Gasteiger partial charge >= 0.3 is 11.9 Å². The Balaban J connectivity index is 1.69. The maximum Gasteiger partial charge on any atom is 0.308 e. The molecule has 0 aromatic carbocycles. The van der Waals surface area contributed by atoms with Crippen molar-refractivity contribution in [3.8, 4) is 0 Å². The molecule has 232 valence electrons. The van der Waals surface area contributed by atoms with Gasteiger partial charge in [-0.3, -0.25) is 19.2 Å². The standard InChI is InChI=1S/C30H40FNO10/c1-5-6-7-26(37)42-30(24(35)17-40-25(36)11-13-41-32(38)39)18(2)14-22-21-9-8-19-15-20(33)10-12-27(19,3)29(21,31)23(34)16-28(22,30)4/h10,12,15,18,21-23,34H,5-9,11,13-14,16-17H2,1-4H3/t18-,21?,22-,23-,27-,28-,29-,30-/m0/s1. The van der Waals surface area contributed by atoms with Gasteiger partial charge in [-0.1, -0.05) is 38.8 Å². The van der Waals surface area contributed by atoms with E-state index in [4.69, 9.17) is 9.47 Å². The van der Waals surface area contributed by atoms with E-state index in [0.717, 1.165) is 0 Å². The number of rotatable bonds is 11. The summed E-state index contributed by atoms with van der Waals surface area (Å²) >= 11 is 0. The van der Waals surface area contributed by atoms with Crippen LogP contribution < -0.4 is 0 Å². The molecule has 0 aliphatic heterocycles. The maximum atomic E-state index is 17.5. The molecular weight excluding hydrogens is 553 g/mol. The molecule has 1 N–H and O–H groups in total. The number of unbranched alkanes of at least 4 members (excludes halogenated alkanes) is 1. The summed E-state index contributed by atoms with van der Waals surface area (Å²) in [5, 5.41) is 21.0. The lowest BCUT2D eigenvalue weighted by Gasteiger charge is -2.62. The quantitative estimate of drug-likeness (QED) is 0.212. The first kappa shape index (κ1) is 31.8. The van der Waals surface area contributed by atoms with Crippen molar-refractivity contribution < 1.29 is 48.1 Å². The number of hydrogen-bond acceptors (Lipinski definition) is 10. The molecule has 12 heteroatoms. The molecule has 3 saturated carbocycles. The predicted molar refractivity (Wildman–Crippen MR) is 145 cm³/mol. The summed E-state index contributed by atoms with van der Waals surface area (Å²) in [4.78, 5) is 66.0. The van der Waals surface area contributed by atoms with Crippen molar-refractivity contribution in [3.05, 3.63) is 33.9 Å². The Morgan fingerprint density at radius 1 is 1.19 bits per heavy atom. The second-order valence-electron chi connectivity index (χ2n) is 12.6. The van der Waals surface area contributed by atoms with Crippen LogP contribution >= 0.6 is 0 Å². The number of allylic oxidation sites excluding steroid dienone is 4. The molecule has 42 heavy (non-hydrogen) atoms. The van der Waals surface area contributed by atoms with Crippen LogP contribution in [0.3, 0.4) is 0 Å². The van der Waals surface area contributed by atoms with Gasteiger partial charge in [0, 0.05) is 29.1 Å². The van der Waals surface area contributed by atoms with Crippen molar-refractivity contribution in [2.24, 2.45) is 28.6 Å². The van der Waals surface area contributed by atoms with E-state index < -0.39 is 88.4 Å². The van der Waals surface area contributed by atoms with Crippen LogP contribution in [0, 0.1) is 38.7 Å². The van der Waals surface area contributed by atoms with Gasteiger partial charge in [0.2, 0.25) is 5.78 Å². The van der Waals surface area contributed by atoms with Crippen LogP contribution in [-0.4, -0.2) is 64.3 Å². The van der Waals surface area contributed by atoms with Crippen molar-refractivity contribution >= 4 is 23.5 Å². The van der Waals surface area contributed by atoms with Crippen molar-refractivity contribution in [2.75, 3.05) is 13.2 Å². The largest absolute Gasteiger partial charge is 0.457 e. The molecule has 0 spiro atoms. The average Bonchev–Trinajstić information content (AvgIpc) is 3.13. The molecule has 4 rings (SSSR count). The number of ketones is 2. The van der Waals surface area contributed by atoms with Crippen molar-refractivity contribution in [1.82, 2.24) is 0 Å². The van der Waals surface area contributed by atoms with E-state index in [1.165, 1.54) is 12.2 Å². The average molecular weight is 594 g/mol. The van der Waals surface area contributed by atoms with Gasteiger partial charge in [0.15, 0.2) is 23.7 Å². The summed E-state index contributed by atoms with van der Waals surface area (Å²) in [6, 6.07) is 0. The van der Waals surface area contributed by atoms with Crippen LogP contribution in [0.4, 0.5) is 4.39 Å². The minimum absolute atomic E-state index is 0.0566. The number of aliphatic hydroxyl groups excluding tert-OH is 1. The number of hydrogen-bond donors (Lipinski definition) is 1. The number of fused-ring (bicyclic) bond motifs is 5. The van der Waals surface area contributed by atoms with Crippen LogP contribution in [0.5, 0.6) is 0 Å². The van der Waals surface area contributed by atoms with E-state index in [2.05, 4.69) is 4.84 Å². The lowest BCUT2D eigenvalue weighted by molar-refractivity contribution is -0.757. The number of aliphatic hydroxyl groups is 1. The number of ether oxygens (including phenoxy) is 2. The smallest absolute Gasteiger partial charge is 0.308 e. The van der Waals surface area contributed by atoms with Crippen LogP contribution in [0.25, 0.3) is 0 Å². The number of carbonyl (C=O) groups excluding carboxylic acids is 4. The van der Waals surface area contributed by atoms with Gasteiger partial charge in [-0.05, 0) is 57.1 Å². The second kappa shape index (κ2) is 11.5. The first-order valence-corrected chi connectivity index (χ1v) is 14.7. The molecule has 0 saturated heterocycles. The molecular formula is C30H40FNO10. The first-order valence-electron chi connectivity index (χ1n) is 14.7. The highest BCUT2D eigenvalue weighted by Crippen LogP contribution is 2.71. The van der Waals surface area contributed by atoms with Gasteiger partial charge < -0.3 is 19.4 Å². The Bertz CT molecular complexity index is 1220. The van der Waals surface area contributed by atoms with E-state index in [1.54, 1.807) is 26.8 Å². The van der Waals surface area contributed by atoms with Gasteiger partial charge in [0.05, 0.1) is 12.5 Å². The molecule has 0 aromatic heterocycles. The highest BCUT2D eigenvalue weighted by Gasteiger charge is 2.77. The fourth-order valence-electron chi connectivity index (χ4n) is 8.48. The molecule has 0 heterocycles. The van der Waals surface area contributed by atoms with Gasteiger partial charge in [-0.2, -0.15) is 0 Å². The first-order chi connectivity index (χ1) is 19.7. The summed E-state index contributed by atoms with van der Waals surface area (Å²) in [5.41, 5.74) is -5.73. The monoisotopic (exact) mass is 593 g/mol. The van der Waals surface area contributed by atoms with Gasteiger partial charge in [0.25, 0.3) is 5.09 Å². The number of carbonyl (C=O) groups is 4. The van der Waals surface area contributed by atoms with Crippen molar-refractivity contribution in [1.29, 1.82) is 0 Å². The number of esters is 2. The zero-order valence-corrected chi connectivity index (χ0v) is 24.6. The zero-order chi connectivity index (χ0) is 31.1. The molecule has 0 aromatic rings. The molecule has 4 aliphatic rings. The number of alkyl halides is 1. The third-order valence-corrected chi connectivity index (χ3v) is 10.5. The Kier molecular flexibility index (Phi) is 8.70. The third kappa shape index (κ3) is 4.85. The molecule has 3 fully saturated rings. The summed E-state index contributed by atoms with van der Waals surface area (Å²) in [5.74, 6) is -4.20. The van der Waals surface area contributed by atoms with Crippen LogP contribution in [0.15, 0.2) is 23.8 Å². The molecule has 0 bridgehead atoms. The van der Waals surface area contributed by atoms with Crippen LogP contribution in [0.2, 0.25) is 0 Å². The van der Waals surface area contributed by atoms with E-state index in [9.17, 15) is 34.4 Å². The van der Waals surface area contributed by atoms with E-state index in [0.29, 0.717) is 37.7 Å². The fraction of sp³-hybridized carbons (Fsp3) is 0.733. The van der Waals surface area contributed by atoms with Crippen LogP contribution in [0.1, 0.15) is 79.1 Å². The SMILES string of the molecule is CCCCC(=O)O[C@]1(C(=O)COC(=O)CCO[N+](=O)[O-])[C@@H](C)C[C@H]2C3CCC4=CC(=O)C=C[C@]4(C)[C@@]3(F)[C@@H](O)C[C@@]21C. The third-order valence-electron chi connectivity index (χ3n) is 10.5. The number of nitrogens with zero attached hydrogens (tertiary/aromatic N) is 1. The lowest BCUT2D eigenvalue weighted by Crippen LogP contribution is -2.70. The summed E-state index contributed by atoms with van der Waals surface area (Å²) in [6.07, 6.45) is 4.51. The fourth-order valence-corrected chi connectivity index (χ4v) is 8.48. The molecule has 11 nitrogen and oxygen atoms in total. The minimum Gasteiger partial charge on any atom is -0.457 e. The van der Waals surface area contributed by atoms with E-state index in [1.807, 2.05) is 6.92 Å². The molecule has 0 radical (unpaired) electrons. The highest BCUT2D eigenvalue weighted by atomic mass is 19.1. The van der Waals surface area contributed by atoms with Crippen molar-refractivity contribution in [3.63, 3.8) is 0 Å². The molecule has 8 atom stereocenters. The predicted octanol–water partition coefficient (Wildman–Crippen LogP) is 3.79. The summed E-state index contributed by atoms with van der Waals surface area (Å²) in [6.45, 7) is 5.79. The Labute approximate surface area is 243 Å². The zero-order valence-electron chi connectivity index (χ0n) is 24.6. The van der Waals surface area contributed by atoms with Gasteiger partial charge in [-0.25, -0.2) is 4.39 Å². The highest BCUT2D eigenvalue weighted by molar-refractivity contribution is 6.01. The Morgan fingerprint density at radius 2 is 1.90 bits per heavy atom. The van der Waals surface area contributed by atoms with E-state index in [-0.39, 0.29) is 18.6 Å². The number of Topliss-reactive ketones (excluding diaryl/α,β-unsaturated/α-hetero) is 1. The molecule has 1 unspecified atom stereocenters. The lowest BCUT2D eigenvalue weighted by atomic mass is 9.44. The summed E-state index contributed by atoms with van der Waals surface area (Å²) < 4.78 is 28.8.